The Morgan fingerprint density at radius 1 is 1.50 bits per heavy atom. The number of nitro benzene ring substituents is 1. The van der Waals surface area contributed by atoms with Crippen LogP contribution in [0.15, 0.2) is 18.2 Å². The summed E-state index contributed by atoms with van der Waals surface area (Å²) in [4.78, 5) is 24.3. The standard InChI is InChI=1S/C13H12IN3O3/c14-12-5-4-9(17(19)20)7-11(12)13(18)16-6-2-1-3-10(16)8-15/h4-5,7,10H,1-3,6H2. The summed E-state index contributed by atoms with van der Waals surface area (Å²) in [5, 5.41) is 19.9. The van der Waals surface area contributed by atoms with E-state index in [0.29, 0.717) is 22.1 Å². The summed E-state index contributed by atoms with van der Waals surface area (Å²) in [5.74, 6) is -0.302. The number of likely N-dealkylation sites (tertiary alicyclic amines) is 1. The van der Waals surface area contributed by atoms with Crippen molar-refractivity contribution >= 4 is 34.2 Å². The van der Waals surface area contributed by atoms with Crippen LogP contribution >= 0.6 is 22.6 Å². The minimum Gasteiger partial charge on any atom is -0.323 e. The van der Waals surface area contributed by atoms with E-state index in [0.717, 1.165) is 12.8 Å². The summed E-state index contributed by atoms with van der Waals surface area (Å²) < 4.78 is 0.653. The van der Waals surface area contributed by atoms with E-state index >= 15 is 0 Å². The average Bonchev–Trinajstić information content (AvgIpc) is 2.46. The van der Waals surface area contributed by atoms with Crippen molar-refractivity contribution in [1.82, 2.24) is 4.90 Å². The summed E-state index contributed by atoms with van der Waals surface area (Å²) in [7, 11) is 0. The zero-order chi connectivity index (χ0) is 14.7. The summed E-state index contributed by atoms with van der Waals surface area (Å²) in [6.07, 6.45) is 2.44. The van der Waals surface area contributed by atoms with Gasteiger partial charge in [-0.25, -0.2) is 0 Å². The smallest absolute Gasteiger partial charge is 0.270 e. The van der Waals surface area contributed by atoms with Gasteiger partial charge in [0.1, 0.15) is 6.04 Å². The minimum absolute atomic E-state index is 0.112. The highest BCUT2D eigenvalue weighted by atomic mass is 127. The second-order valence-electron chi connectivity index (χ2n) is 4.56. The van der Waals surface area contributed by atoms with Gasteiger partial charge in [0.15, 0.2) is 0 Å². The molecule has 1 fully saturated rings. The molecule has 1 heterocycles. The van der Waals surface area contributed by atoms with E-state index in [4.69, 9.17) is 5.26 Å². The van der Waals surface area contributed by atoms with Crippen LogP contribution in [0, 0.1) is 25.0 Å². The molecule has 1 aromatic rings. The topological polar surface area (TPSA) is 87.2 Å². The van der Waals surface area contributed by atoms with E-state index in [9.17, 15) is 14.9 Å². The van der Waals surface area contributed by atoms with Gasteiger partial charge < -0.3 is 4.90 Å². The molecule has 2 rings (SSSR count). The van der Waals surface area contributed by atoms with Crippen LogP contribution in [-0.2, 0) is 0 Å². The van der Waals surface area contributed by atoms with Gasteiger partial charge in [0.25, 0.3) is 11.6 Å². The van der Waals surface area contributed by atoms with Crippen LogP contribution in [0.3, 0.4) is 0 Å². The third kappa shape index (κ3) is 2.90. The Labute approximate surface area is 129 Å². The van der Waals surface area contributed by atoms with E-state index in [1.807, 2.05) is 22.6 Å². The molecule has 1 atom stereocenters. The summed E-state index contributed by atoms with van der Waals surface area (Å²) in [5.41, 5.74) is 0.182. The first kappa shape index (κ1) is 14.7. The monoisotopic (exact) mass is 385 g/mol. The molecule has 0 saturated carbocycles. The first-order valence-electron chi connectivity index (χ1n) is 6.19. The lowest BCUT2D eigenvalue weighted by molar-refractivity contribution is -0.384. The number of benzene rings is 1. The van der Waals surface area contributed by atoms with Gasteiger partial charge in [-0.2, -0.15) is 5.26 Å². The molecule has 0 radical (unpaired) electrons. The largest absolute Gasteiger partial charge is 0.323 e. The Morgan fingerprint density at radius 3 is 2.90 bits per heavy atom. The number of piperidine rings is 1. The Kier molecular flexibility index (Phi) is 4.54. The molecule has 104 valence electrons. The Balaban J connectivity index is 2.35. The van der Waals surface area contributed by atoms with Gasteiger partial charge in [-0.15, -0.1) is 0 Å². The molecule has 1 aromatic carbocycles. The highest BCUT2D eigenvalue weighted by Gasteiger charge is 2.29. The van der Waals surface area contributed by atoms with Gasteiger partial charge in [0, 0.05) is 22.2 Å². The number of carbonyl (C=O) groups excluding carboxylic acids is 1. The number of amides is 1. The summed E-state index contributed by atoms with van der Waals surface area (Å²) in [6, 6.07) is 5.90. The molecule has 0 aliphatic carbocycles. The molecule has 1 aliphatic rings. The molecule has 1 unspecified atom stereocenters. The van der Waals surface area contributed by atoms with Gasteiger partial charge in [-0.05, 0) is 47.9 Å². The molecule has 0 aromatic heterocycles. The van der Waals surface area contributed by atoms with Crippen molar-refractivity contribution in [1.29, 1.82) is 5.26 Å². The van der Waals surface area contributed by atoms with E-state index in [-0.39, 0.29) is 11.6 Å². The molecular formula is C13H12IN3O3. The van der Waals surface area contributed by atoms with Crippen LogP contribution in [0.2, 0.25) is 0 Å². The molecule has 1 amide bonds. The lowest BCUT2D eigenvalue weighted by Gasteiger charge is -2.31. The number of halogens is 1. The van der Waals surface area contributed by atoms with Crippen molar-refractivity contribution in [3.8, 4) is 6.07 Å². The minimum atomic E-state index is -0.523. The van der Waals surface area contributed by atoms with Gasteiger partial charge in [0.05, 0.1) is 16.6 Å². The zero-order valence-electron chi connectivity index (χ0n) is 10.6. The number of carbonyl (C=O) groups is 1. The number of nitro groups is 1. The molecule has 1 saturated heterocycles. The highest BCUT2D eigenvalue weighted by Crippen LogP contribution is 2.24. The zero-order valence-corrected chi connectivity index (χ0v) is 12.7. The van der Waals surface area contributed by atoms with Crippen molar-refractivity contribution in [2.24, 2.45) is 0 Å². The fraction of sp³-hybridized carbons (Fsp3) is 0.385. The number of hydrogen-bond acceptors (Lipinski definition) is 4. The van der Waals surface area contributed by atoms with Gasteiger partial charge in [-0.1, -0.05) is 0 Å². The maximum Gasteiger partial charge on any atom is 0.270 e. The van der Waals surface area contributed by atoms with E-state index in [2.05, 4.69) is 6.07 Å². The average molecular weight is 385 g/mol. The molecule has 1 aliphatic heterocycles. The van der Waals surface area contributed by atoms with Crippen LogP contribution in [0.1, 0.15) is 29.6 Å². The fourth-order valence-corrected chi connectivity index (χ4v) is 2.82. The maximum absolute atomic E-state index is 12.5. The van der Waals surface area contributed by atoms with Crippen LogP contribution in [0.5, 0.6) is 0 Å². The number of nitriles is 1. The third-order valence-corrected chi connectivity index (χ3v) is 4.24. The van der Waals surface area contributed by atoms with Gasteiger partial charge in [0.2, 0.25) is 0 Å². The lowest BCUT2D eigenvalue weighted by atomic mass is 10.0. The first-order chi connectivity index (χ1) is 9.54. The Bertz CT molecular complexity index is 597. The third-order valence-electron chi connectivity index (χ3n) is 3.30. The number of rotatable bonds is 2. The number of non-ortho nitro benzene ring substituents is 1. The van der Waals surface area contributed by atoms with Crippen molar-refractivity contribution in [2.75, 3.05) is 6.54 Å². The second-order valence-corrected chi connectivity index (χ2v) is 5.72. The Hall–Kier alpha value is -1.69. The normalized spacial score (nSPS) is 18.4. The van der Waals surface area contributed by atoms with Gasteiger partial charge in [-0.3, -0.25) is 14.9 Å². The molecule has 0 N–H and O–H groups in total. The van der Waals surface area contributed by atoms with Crippen LogP contribution < -0.4 is 0 Å². The molecule has 20 heavy (non-hydrogen) atoms. The van der Waals surface area contributed by atoms with Gasteiger partial charge >= 0.3 is 0 Å². The van der Waals surface area contributed by atoms with Crippen molar-refractivity contribution in [3.05, 3.63) is 37.4 Å². The fourth-order valence-electron chi connectivity index (χ4n) is 2.25. The van der Waals surface area contributed by atoms with Crippen molar-refractivity contribution in [3.63, 3.8) is 0 Å². The molecule has 0 bridgehead atoms. The molecular weight excluding hydrogens is 373 g/mol. The SMILES string of the molecule is N#CC1CCCCN1C(=O)c1cc([N+](=O)[O-])ccc1I. The number of nitrogens with zero attached hydrogens (tertiary/aromatic N) is 3. The number of hydrogen-bond donors (Lipinski definition) is 0. The van der Waals surface area contributed by atoms with Crippen LogP contribution in [0.25, 0.3) is 0 Å². The highest BCUT2D eigenvalue weighted by molar-refractivity contribution is 14.1. The molecule has 7 heteroatoms. The van der Waals surface area contributed by atoms with Crippen LogP contribution in [-0.4, -0.2) is 28.3 Å². The lowest BCUT2D eigenvalue weighted by Crippen LogP contribution is -2.43. The first-order valence-corrected chi connectivity index (χ1v) is 7.27. The van der Waals surface area contributed by atoms with Crippen LogP contribution in [0.4, 0.5) is 5.69 Å². The predicted octanol–water partition coefficient (Wildman–Crippen LogP) is 2.72. The quantitative estimate of drug-likeness (QED) is 0.445. The second kappa shape index (κ2) is 6.17. The van der Waals surface area contributed by atoms with E-state index < -0.39 is 11.0 Å². The summed E-state index contributed by atoms with van der Waals surface area (Å²) >= 11 is 1.98. The van der Waals surface area contributed by atoms with E-state index in [1.54, 1.807) is 6.07 Å². The molecule has 6 nitrogen and oxygen atoms in total. The van der Waals surface area contributed by atoms with Crippen molar-refractivity contribution < 1.29 is 9.72 Å². The Morgan fingerprint density at radius 2 is 2.25 bits per heavy atom. The maximum atomic E-state index is 12.5. The summed E-state index contributed by atoms with van der Waals surface area (Å²) in [6.45, 7) is 0.524. The molecule has 0 spiro atoms. The predicted molar refractivity (Wildman–Crippen MR) is 80.1 cm³/mol. The van der Waals surface area contributed by atoms with E-state index in [1.165, 1.54) is 17.0 Å². The van der Waals surface area contributed by atoms with Crippen molar-refractivity contribution in [2.45, 2.75) is 25.3 Å².